The third-order valence-corrected chi connectivity index (χ3v) is 4.77. The van der Waals surface area contributed by atoms with Crippen LogP contribution in [0.25, 0.3) is 0 Å². The number of aromatic nitrogens is 2. The highest BCUT2D eigenvalue weighted by atomic mass is 79.9. The van der Waals surface area contributed by atoms with Crippen LogP contribution in [0.2, 0.25) is 0 Å². The van der Waals surface area contributed by atoms with E-state index in [2.05, 4.69) is 21.0 Å². The van der Waals surface area contributed by atoms with Crippen molar-refractivity contribution in [2.45, 2.75) is 50.7 Å². The highest BCUT2D eigenvalue weighted by Gasteiger charge is 2.39. The molecule has 17 heavy (non-hydrogen) atoms. The molecule has 1 fully saturated rings. The van der Waals surface area contributed by atoms with Crippen molar-refractivity contribution in [1.29, 1.82) is 0 Å². The van der Waals surface area contributed by atoms with E-state index in [1.165, 1.54) is 0 Å². The second kappa shape index (κ2) is 4.71. The van der Waals surface area contributed by atoms with Crippen LogP contribution in [0.3, 0.4) is 0 Å². The molecule has 0 spiro atoms. The topological polar surface area (TPSA) is 58.3 Å². The van der Waals surface area contributed by atoms with Gasteiger partial charge in [0, 0.05) is 13.5 Å². The maximum atomic E-state index is 10.3. The van der Waals surface area contributed by atoms with Gasteiger partial charge in [0.15, 0.2) is 0 Å². The smallest absolute Gasteiger partial charge is 0.0909 e. The van der Waals surface area contributed by atoms with E-state index >= 15 is 0 Å². The summed E-state index contributed by atoms with van der Waals surface area (Å²) in [5, 5.41) is 24.8. The fourth-order valence-electron chi connectivity index (χ4n) is 2.60. The van der Waals surface area contributed by atoms with Crippen molar-refractivity contribution in [2.75, 3.05) is 0 Å². The zero-order valence-electron chi connectivity index (χ0n) is 10.3. The van der Waals surface area contributed by atoms with Gasteiger partial charge in [0.2, 0.25) is 0 Å². The van der Waals surface area contributed by atoms with Gasteiger partial charge in [-0.2, -0.15) is 5.10 Å². The summed E-state index contributed by atoms with van der Waals surface area (Å²) in [5.74, 6) is 0. The minimum atomic E-state index is -0.905. The molecule has 2 rings (SSSR count). The Bertz CT molecular complexity index is 411. The lowest BCUT2D eigenvalue weighted by molar-refractivity contribution is -0.0696. The van der Waals surface area contributed by atoms with Crippen molar-refractivity contribution < 1.29 is 10.2 Å². The van der Waals surface area contributed by atoms with Crippen LogP contribution in [0, 0.1) is 6.92 Å². The van der Waals surface area contributed by atoms with Crippen LogP contribution >= 0.6 is 15.9 Å². The molecular weight excluding hydrogens is 284 g/mol. The maximum Gasteiger partial charge on any atom is 0.0909 e. The molecule has 2 N–H and O–H groups in total. The summed E-state index contributed by atoms with van der Waals surface area (Å²) in [7, 11) is 1.86. The summed E-state index contributed by atoms with van der Waals surface area (Å²) in [6, 6.07) is 0. The summed E-state index contributed by atoms with van der Waals surface area (Å²) >= 11 is 3.48. The van der Waals surface area contributed by atoms with Crippen molar-refractivity contribution in [2.24, 2.45) is 7.05 Å². The summed E-state index contributed by atoms with van der Waals surface area (Å²) in [6.45, 7) is 1.92. The number of nitrogens with zero attached hydrogens (tertiary/aromatic N) is 2. The van der Waals surface area contributed by atoms with Gasteiger partial charge in [-0.1, -0.05) is 12.8 Å². The predicted molar refractivity (Wildman–Crippen MR) is 68.8 cm³/mol. The van der Waals surface area contributed by atoms with Crippen molar-refractivity contribution in [1.82, 2.24) is 9.78 Å². The first kappa shape index (κ1) is 13.1. The Kier molecular flexibility index (Phi) is 3.61. The van der Waals surface area contributed by atoms with Crippen LogP contribution in [0.5, 0.6) is 0 Å². The van der Waals surface area contributed by atoms with Crippen LogP contribution in [0.4, 0.5) is 0 Å². The molecule has 0 amide bonds. The molecule has 0 aromatic carbocycles. The average Bonchev–Trinajstić information content (AvgIpc) is 2.80. The van der Waals surface area contributed by atoms with E-state index in [0.29, 0.717) is 19.3 Å². The lowest BCUT2D eigenvalue weighted by atomic mass is 9.91. The Morgan fingerprint density at radius 1 is 1.47 bits per heavy atom. The first-order chi connectivity index (χ1) is 7.94. The molecule has 0 saturated heterocycles. The number of hydrogen-bond donors (Lipinski definition) is 2. The van der Waals surface area contributed by atoms with Crippen LogP contribution in [0.1, 0.15) is 37.1 Å². The molecule has 5 heteroatoms. The third kappa shape index (κ3) is 2.41. The molecule has 4 nitrogen and oxygen atoms in total. The fourth-order valence-corrected chi connectivity index (χ4v) is 3.09. The molecule has 1 aliphatic rings. The molecule has 0 bridgehead atoms. The summed E-state index contributed by atoms with van der Waals surface area (Å²) < 4.78 is 2.70. The molecule has 1 aromatic heterocycles. The largest absolute Gasteiger partial charge is 0.390 e. The Balaban J connectivity index is 2.15. The van der Waals surface area contributed by atoms with Gasteiger partial charge < -0.3 is 10.2 Å². The highest BCUT2D eigenvalue weighted by molar-refractivity contribution is 9.10. The molecule has 96 valence electrons. The van der Waals surface area contributed by atoms with Gasteiger partial charge >= 0.3 is 0 Å². The van der Waals surface area contributed by atoms with E-state index in [1.807, 2.05) is 14.0 Å². The first-order valence-electron chi connectivity index (χ1n) is 6.02. The molecule has 1 unspecified atom stereocenters. The fraction of sp³-hybridized carbons (Fsp3) is 0.750. The Hall–Kier alpha value is -0.390. The van der Waals surface area contributed by atoms with Crippen LogP contribution in [0.15, 0.2) is 4.47 Å². The van der Waals surface area contributed by atoms with E-state index in [0.717, 1.165) is 28.7 Å². The SMILES string of the molecule is Cc1nn(C)c(CC(O)C2(O)CCCC2)c1Br. The Labute approximate surface area is 110 Å². The van der Waals surface area contributed by atoms with Crippen molar-refractivity contribution in [3.05, 3.63) is 15.9 Å². The van der Waals surface area contributed by atoms with Gasteiger partial charge in [-0.3, -0.25) is 4.68 Å². The van der Waals surface area contributed by atoms with Gasteiger partial charge in [-0.05, 0) is 35.7 Å². The van der Waals surface area contributed by atoms with Gasteiger partial charge in [-0.25, -0.2) is 0 Å². The minimum absolute atomic E-state index is 0.439. The monoisotopic (exact) mass is 302 g/mol. The zero-order chi connectivity index (χ0) is 12.6. The molecular formula is C12H19BrN2O2. The first-order valence-corrected chi connectivity index (χ1v) is 6.82. The van der Waals surface area contributed by atoms with Crippen molar-refractivity contribution in [3.8, 4) is 0 Å². The minimum Gasteiger partial charge on any atom is -0.390 e. The molecule has 0 aliphatic heterocycles. The number of aliphatic hydroxyl groups is 2. The van der Waals surface area contributed by atoms with Crippen molar-refractivity contribution in [3.63, 3.8) is 0 Å². The third-order valence-electron chi connectivity index (χ3n) is 3.74. The molecule has 1 heterocycles. The quantitative estimate of drug-likeness (QED) is 0.893. The normalized spacial score (nSPS) is 20.8. The molecule has 1 aliphatic carbocycles. The van der Waals surface area contributed by atoms with Crippen LogP contribution in [-0.4, -0.2) is 31.7 Å². The van der Waals surface area contributed by atoms with Crippen LogP contribution in [-0.2, 0) is 13.5 Å². The van der Waals surface area contributed by atoms with Gasteiger partial charge in [0.1, 0.15) is 0 Å². The van der Waals surface area contributed by atoms with E-state index in [-0.39, 0.29) is 0 Å². The summed E-state index contributed by atoms with van der Waals surface area (Å²) in [6.07, 6.45) is 3.12. The Morgan fingerprint density at radius 2 is 2.06 bits per heavy atom. The summed E-state index contributed by atoms with van der Waals surface area (Å²) in [4.78, 5) is 0. The lowest BCUT2D eigenvalue weighted by Crippen LogP contribution is -2.41. The second-order valence-corrected chi connectivity index (χ2v) is 5.79. The van der Waals surface area contributed by atoms with Gasteiger partial charge in [0.05, 0.1) is 27.6 Å². The van der Waals surface area contributed by atoms with E-state index in [9.17, 15) is 10.2 Å². The molecule has 1 atom stereocenters. The van der Waals surface area contributed by atoms with E-state index < -0.39 is 11.7 Å². The second-order valence-electron chi connectivity index (χ2n) is 5.00. The van der Waals surface area contributed by atoms with E-state index in [4.69, 9.17) is 0 Å². The van der Waals surface area contributed by atoms with Crippen molar-refractivity contribution >= 4 is 15.9 Å². The zero-order valence-corrected chi connectivity index (χ0v) is 11.9. The number of aliphatic hydroxyl groups excluding tert-OH is 1. The molecule has 1 aromatic rings. The molecule has 0 radical (unpaired) electrons. The lowest BCUT2D eigenvalue weighted by Gasteiger charge is -2.28. The van der Waals surface area contributed by atoms with Gasteiger partial charge in [-0.15, -0.1) is 0 Å². The predicted octanol–water partition coefficient (Wildman–Crippen LogP) is 1.70. The highest BCUT2D eigenvalue weighted by Crippen LogP contribution is 2.34. The van der Waals surface area contributed by atoms with Crippen LogP contribution < -0.4 is 0 Å². The average molecular weight is 303 g/mol. The number of hydrogen-bond acceptors (Lipinski definition) is 3. The standard InChI is InChI=1S/C12H19BrN2O2/c1-8-11(13)9(15(2)14-8)7-10(16)12(17)5-3-4-6-12/h10,16-17H,3-7H2,1-2H3. The number of halogens is 1. The number of aryl methyl sites for hydroxylation is 2. The van der Waals surface area contributed by atoms with E-state index in [1.54, 1.807) is 4.68 Å². The van der Waals surface area contributed by atoms with Gasteiger partial charge in [0.25, 0.3) is 0 Å². The molecule has 1 saturated carbocycles. The Morgan fingerprint density at radius 3 is 2.53 bits per heavy atom. The number of rotatable bonds is 3. The summed E-state index contributed by atoms with van der Waals surface area (Å²) in [5.41, 5.74) is 0.945. The maximum absolute atomic E-state index is 10.3.